The van der Waals surface area contributed by atoms with Crippen LogP contribution in [0.2, 0.25) is 6.04 Å². The highest BCUT2D eigenvalue weighted by Gasteiger charge is 2.37. The number of nitro groups is 1. The third kappa shape index (κ3) is 9.46. The maximum Gasteiger partial charge on any atom is 0.500 e. The molecule has 0 radical (unpaired) electrons. The normalized spacial score (nSPS) is 12.9. The predicted molar refractivity (Wildman–Crippen MR) is 109 cm³/mol. The van der Waals surface area contributed by atoms with E-state index in [-0.39, 0.29) is 4.92 Å². The van der Waals surface area contributed by atoms with Gasteiger partial charge < -0.3 is 13.3 Å². The summed E-state index contributed by atoms with van der Waals surface area (Å²) < 4.78 is 16.1. The van der Waals surface area contributed by atoms with Gasteiger partial charge in [-0.05, 0) is 31.2 Å². The maximum atomic E-state index is 11.3. The molecule has 0 aliphatic rings. The number of nitrogens with zero attached hydrogens (tertiary/aromatic N) is 1. The second-order valence-electron chi connectivity index (χ2n) is 6.92. The zero-order valence-electron chi connectivity index (χ0n) is 17.0. The molecular weight excluding hydrogens is 362 g/mol. The van der Waals surface area contributed by atoms with Gasteiger partial charge in [-0.25, -0.2) is 0 Å². The molecule has 0 saturated carbocycles. The van der Waals surface area contributed by atoms with E-state index in [4.69, 9.17) is 13.3 Å². The molecule has 0 bridgehead atoms. The average molecular weight is 398 g/mol. The van der Waals surface area contributed by atoms with Crippen LogP contribution >= 0.6 is 0 Å². The van der Waals surface area contributed by atoms with Crippen LogP contribution in [0.15, 0.2) is 30.3 Å². The van der Waals surface area contributed by atoms with Crippen LogP contribution in [0.1, 0.15) is 56.9 Å². The van der Waals surface area contributed by atoms with Crippen LogP contribution in [0.5, 0.6) is 0 Å². The molecule has 1 atom stereocenters. The van der Waals surface area contributed by atoms with Crippen molar-refractivity contribution in [2.75, 3.05) is 21.3 Å². The van der Waals surface area contributed by atoms with Gasteiger partial charge in [0.25, 0.3) is 0 Å². The van der Waals surface area contributed by atoms with Gasteiger partial charge in [0.1, 0.15) is 0 Å². The standard InChI is InChI=1S/C20H35NO5Si/c1-24-27(25-2,26-3)18-12-17-20(21(22)23)16-11-6-4-5-8-13-19-14-9-7-10-15-19/h7,9-10,14-15,20H,4-6,8,11-13,16-18H2,1-3H3. The van der Waals surface area contributed by atoms with Gasteiger partial charge in [0.05, 0.1) is 0 Å². The van der Waals surface area contributed by atoms with E-state index < -0.39 is 14.8 Å². The highest BCUT2D eigenvalue weighted by Crippen LogP contribution is 2.20. The van der Waals surface area contributed by atoms with Gasteiger partial charge in [-0.15, -0.1) is 0 Å². The summed E-state index contributed by atoms with van der Waals surface area (Å²) >= 11 is 0. The fourth-order valence-electron chi connectivity index (χ4n) is 3.35. The Balaban J connectivity index is 2.16. The molecule has 0 saturated heterocycles. The van der Waals surface area contributed by atoms with E-state index in [0.717, 1.165) is 25.7 Å². The third-order valence-corrected chi connectivity index (χ3v) is 7.93. The van der Waals surface area contributed by atoms with Crippen LogP contribution in [0, 0.1) is 10.1 Å². The van der Waals surface area contributed by atoms with Crippen molar-refractivity contribution in [2.45, 2.75) is 69.9 Å². The molecule has 0 amide bonds. The second kappa shape index (κ2) is 13.8. The number of hydrogen-bond donors (Lipinski definition) is 0. The Morgan fingerprint density at radius 3 is 2.04 bits per heavy atom. The Morgan fingerprint density at radius 1 is 0.889 bits per heavy atom. The lowest BCUT2D eigenvalue weighted by Crippen LogP contribution is -2.42. The minimum absolute atomic E-state index is 0.134. The van der Waals surface area contributed by atoms with E-state index in [1.165, 1.54) is 18.4 Å². The van der Waals surface area contributed by atoms with E-state index >= 15 is 0 Å². The minimum atomic E-state index is -2.62. The predicted octanol–water partition coefficient (Wildman–Crippen LogP) is 4.87. The molecule has 1 unspecified atom stereocenters. The maximum absolute atomic E-state index is 11.3. The Kier molecular flexibility index (Phi) is 12.2. The summed E-state index contributed by atoms with van der Waals surface area (Å²) in [4.78, 5) is 11.2. The van der Waals surface area contributed by atoms with Gasteiger partial charge in [-0.2, -0.15) is 0 Å². The van der Waals surface area contributed by atoms with Crippen LogP contribution < -0.4 is 0 Å². The molecular formula is C20H35NO5Si. The molecule has 0 heterocycles. The monoisotopic (exact) mass is 397 g/mol. The molecule has 1 aromatic rings. The van der Waals surface area contributed by atoms with Crippen molar-refractivity contribution in [3.8, 4) is 0 Å². The van der Waals surface area contributed by atoms with Gasteiger partial charge >= 0.3 is 8.80 Å². The van der Waals surface area contributed by atoms with E-state index in [2.05, 4.69) is 24.3 Å². The zero-order chi connectivity index (χ0) is 20.0. The fraction of sp³-hybridized carbons (Fsp3) is 0.700. The number of benzene rings is 1. The van der Waals surface area contributed by atoms with Crippen molar-refractivity contribution in [1.82, 2.24) is 0 Å². The van der Waals surface area contributed by atoms with Gasteiger partial charge in [-0.1, -0.05) is 49.6 Å². The summed E-state index contributed by atoms with van der Waals surface area (Å²) in [6.07, 6.45) is 8.48. The Hall–Kier alpha value is -1.28. The van der Waals surface area contributed by atoms with Gasteiger partial charge in [0, 0.05) is 45.1 Å². The van der Waals surface area contributed by atoms with Crippen LogP contribution in [-0.2, 0) is 19.7 Å². The molecule has 7 heteroatoms. The minimum Gasteiger partial charge on any atom is -0.377 e. The van der Waals surface area contributed by atoms with Crippen LogP contribution in [0.25, 0.3) is 0 Å². The van der Waals surface area contributed by atoms with Crippen molar-refractivity contribution in [3.05, 3.63) is 46.0 Å². The molecule has 0 aromatic heterocycles. The molecule has 0 aliphatic carbocycles. The lowest BCUT2D eigenvalue weighted by atomic mass is 10.0. The molecule has 6 nitrogen and oxygen atoms in total. The SMILES string of the molecule is CO[Si](CCCC(CCCCCCCc1ccccc1)[N+](=O)[O-])(OC)OC. The highest BCUT2D eigenvalue weighted by molar-refractivity contribution is 6.60. The van der Waals surface area contributed by atoms with Crippen molar-refractivity contribution < 1.29 is 18.2 Å². The molecule has 0 spiro atoms. The molecule has 154 valence electrons. The van der Waals surface area contributed by atoms with Gasteiger partial charge in [0.15, 0.2) is 0 Å². The Morgan fingerprint density at radius 2 is 1.44 bits per heavy atom. The molecule has 27 heavy (non-hydrogen) atoms. The first-order valence-electron chi connectivity index (χ1n) is 9.89. The first kappa shape index (κ1) is 23.8. The van der Waals surface area contributed by atoms with Crippen LogP contribution in [-0.4, -0.2) is 41.1 Å². The summed E-state index contributed by atoms with van der Waals surface area (Å²) in [5, 5.41) is 11.3. The summed E-state index contributed by atoms with van der Waals surface area (Å²) in [5.74, 6) is 0. The van der Waals surface area contributed by atoms with E-state index in [0.29, 0.717) is 25.3 Å². The number of rotatable bonds is 16. The van der Waals surface area contributed by atoms with Crippen molar-refractivity contribution in [2.24, 2.45) is 0 Å². The number of unbranched alkanes of at least 4 members (excludes halogenated alkanes) is 4. The van der Waals surface area contributed by atoms with E-state index in [9.17, 15) is 10.1 Å². The molecule has 0 aliphatic heterocycles. The van der Waals surface area contributed by atoms with Crippen molar-refractivity contribution in [3.63, 3.8) is 0 Å². The Labute approximate surface area is 164 Å². The highest BCUT2D eigenvalue weighted by atomic mass is 28.4. The first-order valence-corrected chi connectivity index (χ1v) is 11.8. The number of hydrogen-bond acceptors (Lipinski definition) is 5. The topological polar surface area (TPSA) is 70.8 Å². The van der Waals surface area contributed by atoms with Crippen molar-refractivity contribution in [1.29, 1.82) is 0 Å². The molecule has 0 N–H and O–H groups in total. The summed E-state index contributed by atoms with van der Waals surface area (Å²) in [5.41, 5.74) is 1.38. The largest absolute Gasteiger partial charge is 0.500 e. The van der Waals surface area contributed by atoms with E-state index in [1.54, 1.807) is 21.3 Å². The zero-order valence-corrected chi connectivity index (χ0v) is 18.0. The average Bonchev–Trinajstić information content (AvgIpc) is 2.70. The van der Waals surface area contributed by atoms with Gasteiger partial charge in [-0.3, -0.25) is 10.1 Å². The van der Waals surface area contributed by atoms with Crippen LogP contribution in [0.3, 0.4) is 0 Å². The quantitative estimate of drug-likeness (QED) is 0.172. The second-order valence-corrected chi connectivity index (χ2v) is 10.0. The smallest absolute Gasteiger partial charge is 0.377 e. The first-order chi connectivity index (χ1) is 13.1. The molecule has 1 aromatic carbocycles. The summed E-state index contributed by atoms with van der Waals surface area (Å²) in [6, 6.07) is 10.6. The van der Waals surface area contributed by atoms with E-state index in [1.807, 2.05) is 6.07 Å². The Bertz CT molecular complexity index is 502. The number of aryl methyl sites for hydroxylation is 1. The molecule has 1 rings (SSSR count). The van der Waals surface area contributed by atoms with Gasteiger partial charge in [0.2, 0.25) is 6.04 Å². The van der Waals surface area contributed by atoms with Crippen molar-refractivity contribution >= 4 is 8.80 Å². The lowest BCUT2D eigenvalue weighted by molar-refractivity contribution is -0.524. The third-order valence-electron chi connectivity index (χ3n) is 5.10. The fourth-order valence-corrected chi connectivity index (χ4v) is 5.10. The van der Waals surface area contributed by atoms with Crippen LogP contribution in [0.4, 0.5) is 0 Å². The summed E-state index contributed by atoms with van der Waals surface area (Å²) in [6.45, 7) is 0. The lowest BCUT2D eigenvalue weighted by Gasteiger charge is -2.24. The molecule has 0 fully saturated rings. The summed E-state index contributed by atoms with van der Waals surface area (Å²) in [7, 11) is 2.09.